The lowest BCUT2D eigenvalue weighted by molar-refractivity contribution is 0.249. The van der Waals surface area contributed by atoms with Gasteiger partial charge in [-0.25, -0.2) is 0 Å². The molecule has 0 aliphatic heterocycles. The zero-order chi connectivity index (χ0) is 6.04. The highest BCUT2D eigenvalue weighted by Gasteiger charge is 2.31. The molecule has 3 N–H and O–H groups in total. The van der Waals surface area contributed by atoms with Crippen LogP contribution in [0.2, 0.25) is 0 Å². The molecule has 2 heteroatoms. The number of rotatable bonds is 2. The second-order valence-electron chi connectivity index (χ2n) is 2.36. The first-order valence-electron chi connectivity index (χ1n) is 2.94. The Labute approximate surface area is 49.7 Å². The molecule has 46 valence electrons. The van der Waals surface area contributed by atoms with Crippen LogP contribution >= 0.6 is 0 Å². The van der Waals surface area contributed by atoms with Gasteiger partial charge in [-0.2, -0.15) is 0 Å². The molecule has 1 aliphatic carbocycles. The summed E-state index contributed by atoms with van der Waals surface area (Å²) in [7, 11) is 0. The lowest BCUT2D eigenvalue weighted by Crippen LogP contribution is -2.52. The van der Waals surface area contributed by atoms with Gasteiger partial charge in [-0.15, -0.1) is 6.58 Å². The van der Waals surface area contributed by atoms with E-state index in [0.29, 0.717) is 0 Å². The second kappa shape index (κ2) is 1.88. The van der Waals surface area contributed by atoms with Crippen molar-refractivity contribution >= 4 is 0 Å². The van der Waals surface area contributed by atoms with Crippen molar-refractivity contribution in [2.24, 2.45) is 5.84 Å². The number of hydrazine groups is 1. The third-order valence-corrected chi connectivity index (χ3v) is 1.92. The van der Waals surface area contributed by atoms with E-state index in [4.69, 9.17) is 5.84 Å². The molecular formula is C6H12N2. The Hall–Kier alpha value is -0.340. The summed E-state index contributed by atoms with van der Waals surface area (Å²) < 4.78 is 0. The molecule has 1 fully saturated rings. The quantitative estimate of drug-likeness (QED) is 0.311. The SMILES string of the molecule is C=CC1(NN)CCC1. The van der Waals surface area contributed by atoms with Crippen LogP contribution in [-0.4, -0.2) is 5.54 Å². The molecule has 2 nitrogen and oxygen atoms in total. The molecule has 1 saturated carbocycles. The minimum Gasteiger partial charge on any atom is -0.271 e. The number of hydrogen-bond donors (Lipinski definition) is 2. The van der Waals surface area contributed by atoms with Crippen molar-refractivity contribution in [2.75, 3.05) is 0 Å². The van der Waals surface area contributed by atoms with Crippen LogP contribution in [0.4, 0.5) is 0 Å². The molecule has 0 aromatic rings. The van der Waals surface area contributed by atoms with Gasteiger partial charge in [0.2, 0.25) is 0 Å². The molecule has 1 rings (SSSR count). The highest BCUT2D eigenvalue weighted by atomic mass is 15.3. The van der Waals surface area contributed by atoms with Gasteiger partial charge in [-0.05, 0) is 19.3 Å². The standard InChI is InChI=1S/C6H12N2/c1-2-6(8-7)4-3-5-6/h2,8H,1,3-5,7H2. The Morgan fingerprint density at radius 1 is 1.62 bits per heavy atom. The summed E-state index contributed by atoms with van der Waals surface area (Å²) in [6.45, 7) is 3.68. The van der Waals surface area contributed by atoms with Crippen LogP contribution in [-0.2, 0) is 0 Å². The van der Waals surface area contributed by atoms with E-state index in [1.54, 1.807) is 0 Å². The van der Waals surface area contributed by atoms with Gasteiger partial charge in [0, 0.05) is 5.54 Å². The molecule has 0 unspecified atom stereocenters. The molecule has 0 aromatic carbocycles. The average Bonchev–Trinajstić information content (AvgIpc) is 1.67. The number of hydrogen-bond acceptors (Lipinski definition) is 2. The van der Waals surface area contributed by atoms with E-state index < -0.39 is 0 Å². The zero-order valence-corrected chi connectivity index (χ0v) is 4.98. The van der Waals surface area contributed by atoms with Gasteiger partial charge in [0.05, 0.1) is 0 Å². The first-order chi connectivity index (χ1) is 3.83. The molecule has 1 aliphatic rings. The van der Waals surface area contributed by atoms with Crippen molar-refractivity contribution in [3.63, 3.8) is 0 Å². The van der Waals surface area contributed by atoms with E-state index in [2.05, 4.69) is 12.0 Å². The Morgan fingerprint density at radius 3 is 2.25 bits per heavy atom. The molecular weight excluding hydrogens is 100 g/mol. The minimum atomic E-state index is 0.0972. The lowest BCUT2D eigenvalue weighted by atomic mass is 9.78. The molecule has 0 radical (unpaired) electrons. The maximum absolute atomic E-state index is 5.26. The number of nitrogens with two attached hydrogens (primary N) is 1. The molecule has 0 saturated heterocycles. The summed E-state index contributed by atoms with van der Waals surface area (Å²) in [4.78, 5) is 0. The van der Waals surface area contributed by atoms with Gasteiger partial charge in [0.15, 0.2) is 0 Å². The van der Waals surface area contributed by atoms with Crippen LogP contribution in [0.3, 0.4) is 0 Å². The number of nitrogens with one attached hydrogen (secondary N) is 1. The van der Waals surface area contributed by atoms with Crippen LogP contribution in [0.15, 0.2) is 12.7 Å². The van der Waals surface area contributed by atoms with Crippen LogP contribution < -0.4 is 11.3 Å². The van der Waals surface area contributed by atoms with Crippen molar-refractivity contribution in [3.8, 4) is 0 Å². The Morgan fingerprint density at radius 2 is 2.25 bits per heavy atom. The van der Waals surface area contributed by atoms with E-state index in [1.165, 1.54) is 6.42 Å². The molecule has 0 heterocycles. The van der Waals surface area contributed by atoms with Gasteiger partial charge >= 0.3 is 0 Å². The Kier molecular flexibility index (Phi) is 1.36. The summed E-state index contributed by atoms with van der Waals surface area (Å²) in [6.07, 6.45) is 5.46. The average molecular weight is 112 g/mol. The normalized spacial score (nSPS) is 24.1. The summed E-state index contributed by atoms with van der Waals surface area (Å²) in [5.41, 5.74) is 2.84. The molecule has 0 spiro atoms. The van der Waals surface area contributed by atoms with Gasteiger partial charge in [0.25, 0.3) is 0 Å². The largest absolute Gasteiger partial charge is 0.271 e. The fourth-order valence-corrected chi connectivity index (χ4v) is 0.965. The van der Waals surface area contributed by atoms with E-state index in [1.807, 2.05) is 6.08 Å². The predicted molar refractivity (Wildman–Crippen MR) is 34.1 cm³/mol. The monoisotopic (exact) mass is 112 g/mol. The van der Waals surface area contributed by atoms with Crippen molar-refractivity contribution in [1.82, 2.24) is 5.43 Å². The van der Waals surface area contributed by atoms with Crippen LogP contribution in [0, 0.1) is 0 Å². The van der Waals surface area contributed by atoms with Crippen molar-refractivity contribution < 1.29 is 0 Å². The molecule has 0 aromatic heterocycles. The van der Waals surface area contributed by atoms with Crippen molar-refractivity contribution in [2.45, 2.75) is 24.8 Å². The molecule has 0 amide bonds. The second-order valence-corrected chi connectivity index (χ2v) is 2.36. The van der Waals surface area contributed by atoms with E-state index in [-0.39, 0.29) is 5.54 Å². The fourth-order valence-electron chi connectivity index (χ4n) is 0.965. The maximum atomic E-state index is 5.26. The summed E-state index contributed by atoms with van der Waals surface area (Å²) in [6, 6.07) is 0. The molecule has 0 atom stereocenters. The smallest absolute Gasteiger partial charge is 0.0497 e. The first kappa shape index (κ1) is 5.79. The van der Waals surface area contributed by atoms with Crippen LogP contribution in [0.25, 0.3) is 0 Å². The Balaban J connectivity index is 2.45. The highest BCUT2D eigenvalue weighted by Crippen LogP contribution is 2.31. The van der Waals surface area contributed by atoms with Crippen molar-refractivity contribution in [3.05, 3.63) is 12.7 Å². The highest BCUT2D eigenvalue weighted by molar-refractivity contribution is 5.07. The third kappa shape index (κ3) is 0.659. The summed E-state index contributed by atoms with van der Waals surface area (Å²) in [5.74, 6) is 5.26. The van der Waals surface area contributed by atoms with Gasteiger partial charge in [0.1, 0.15) is 0 Å². The van der Waals surface area contributed by atoms with Gasteiger partial charge < -0.3 is 0 Å². The Bertz CT molecular complexity index is 89.2. The van der Waals surface area contributed by atoms with Crippen molar-refractivity contribution in [1.29, 1.82) is 0 Å². The minimum absolute atomic E-state index is 0.0972. The van der Waals surface area contributed by atoms with E-state index >= 15 is 0 Å². The summed E-state index contributed by atoms with van der Waals surface area (Å²) in [5, 5.41) is 0. The zero-order valence-electron chi connectivity index (χ0n) is 4.98. The van der Waals surface area contributed by atoms with Gasteiger partial charge in [-0.3, -0.25) is 11.3 Å². The van der Waals surface area contributed by atoms with E-state index in [9.17, 15) is 0 Å². The van der Waals surface area contributed by atoms with Gasteiger partial charge in [-0.1, -0.05) is 6.08 Å². The first-order valence-corrected chi connectivity index (χ1v) is 2.94. The van der Waals surface area contributed by atoms with E-state index in [0.717, 1.165) is 12.8 Å². The maximum Gasteiger partial charge on any atom is 0.0497 e. The summed E-state index contributed by atoms with van der Waals surface area (Å²) >= 11 is 0. The molecule has 0 bridgehead atoms. The topological polar surface area (TPSA) is 38.0 Å². The predicted octanol–water partition coefficient (Wildman–Crippen LogP) is 0.558. The van der Waals surface area contributed by atoms with Crippen LogP contribution in [0.1, 0.15) is 19.3 Å². The van der Waals surface area contributed by atoms with Crippen LogP contribution in [0.5, 0.6) is 0 Å². The third-order valence-electron chi connectivity index (χ3n) is 1.92. The fraction of sp³-hybridized carbons (Fsp3) is 0.667. The molecule has 8 heavy (non-hydrogen) atoms. The lowest BCUT2D eigenvalue weighted by Gasteiger charge is -2.38.